The Labute approximate surface area is 65.0 Å². The zero-order chi connectivity index (χ0) is 7.84. The van der Waals surface area contributed by atoms with E-state index >= 15 is 0 Å². The van der Waals surface area contributed by atoms with Crippen molar-refractivity contribution >= 4 is 21.6 Å². The summed E-state index contributed by atoms with van der Waals surface area (Å²) < 4.78 is 0.544. The van der Waals surface area contributed by atoms with Gasteiger partial charge in [-0.2, -0.15) is 0 Å². The minimum absolute atomic E-state index is 0.301. The number of nitrogen functional groups attached to an aromatic ring is 1. The third-order valence-electron chi connectivity index (χ3n) is 1.30. The van der Waals surface area contributed by atoms with E-state index in [0.717, 1.165) is 4.79 Å². The monoisotopic (exact) mass is 168 g/mol. The third kappa shape index (κ3) is 0.795. The zero-order valence-electron chi connectivity index (χ0n) is 5.39. The van der Waals surface area contributed by atoms with Crippen LogP contribution in [0.1, 0.15) is 0 Å². The molecular formula is C5H4N4OS. The molecule has 6 heteroatoms. The molecule has 0 aliphatic rings. The smallest absolute Gasteiger partial charge is 0.306 e. The van der Waals surface area contributed by atoms with Crippen LogP contribution in [0.5, 0.6) is 0 Å². The third-order valence-corrected chi connectivity index (χ3v) is 2.19. The average Bonchev–Trinajstić information content (AvgIpc) is 2.45. The molecule has 0 aliphatic carbocycles. The van der Waals surface area contributed by atoms with E-state index in [1.807, 2.05) is 0 Å². The lowest BCUT2D eigenvalue weighted by Gasteiger charge is -1.90. The highest BCUT2D eigenvalue weighted by Crippen LogP contribution is 2.11. The molecule has 0 fully saturated rings. The summed E-state index contributed by atoms with van der Waals surface area (Å²) in [6.45, 7) is 0. The Kier molecular flexibility index (Phi) is 1.16. The van der Waals surface area contributed by atoms with Crippen LogP contribution in [0.2, 0.25) is 0 Å². The molecule has 0 saturated carbocycles. The summed E-state index contributed by atoms with van der Waals surface area (Å²) in [6.07, 6.45) is 0. The summed E-state index contributed by atoms with van der Waals surface area (Å²) in [7, 11) is 0. The van der Waals surface area contributed by atoms with Crippen LogP contribution >= 0.6 is 11.3 Å². The van der Waals surface area contributed by atoms with Crippen molar-refractivity contribution in [2.24, 2.45) is 0 Å². The van der Waals surface area contributed by atoms with Crippen LogP contribution in [-0.2, 0) is 0 Å². The highest BCUT2D eigenvalue weighted by molar-refractivity contribution is 7.17. The van der Waals surface area contributed by atoms with Gasteiger partial charge in [0, 0.05) is 0 Å². The quantitative estimate of drug-likeness (QED) is 0.541. The van der Waals surface area contributed by atoms with E-state index < -0.39 is 0 Å². The van der Waals surface area contributed by atoms with Crippen molar-refractivity contribution in [2.45, 2.75) is 0 Å². The fourth-order valence-corrected chi connectivity index (χ4v) is 1.54. The molecule has 0 radical (unpaired) electrons. The molecule has 2 rings (SSSR count). The van der Waals surface area contributed by atoms with Gasteiger partial charge in [0.1, 0.15) is 10.2 Å². The molecule has 0 amide bonds. The Morgan fingerprint density at radius 2 is 2.45 bits per heavy atom. The molecule has 2 N–H and O–H groups in total. The van der Waals surface area contributed by atoms with Gasteiger partial charge in [0.05, 0.1) is 0 Å². The standard InChI is InChI=1S/C5H4N4OS/c6-9-5(10)4-3(7-8-9)1-2-11-4/h1-2H,6H2. The lowest BCUT2D eigenvalue weighted by atomic mass is 10.5. The maximum atomic E-state index is 11.1. The summed E-state index contributed by atoms with van der Waals surface area (Å²) in [5.41, 5.74) is 0.298. The van der Waals surface area contributed by atoms with Crippen LogP contribution in [-0.4, -0.2) is 15.1 Å². The second kappa shape index (κ2) is 2.03. The van der Waals surface area contributed by atoms with E-state index in [2.05, 4.69) is 10.3 Å². The number of nitrogens with two attached hydrogens (primary N) is 1. The summed E-state index contributed by atoms with van der Waals surface area (Å²) in [6, 6.07) is 1.73. The van der Waals surface area contributed by atoms with Gasteiger partial charge in [-0.25, -0.2) is 0 Å². The summed E-state index contributed by atoms with van der Waals surface area (Å²) >= 11 is 1.31. The maximum absolute atomic E-state index is 11.1. The first-order valence-corrected chi connectivity index (χ1v) is 3.75. The van der Waals surface area contributed by atoms with Crippen LogP contribution in [0, 0.1) is 0 Å². The Morgan fingerprint density at radius 3 is 3.27 bits per heavy atom. The molecule has 0 atom stereocenters. The maximum Gasteiger partial charge on any atom is 0.306 e. The van der Waals surface area contributed by atoms with Gasteiger partial charge < -0.3 is 5.84 Å². The number of nitrogens with zero attached hydrogens (tertiary/aromatic N) is 3. The van der Waals surface area contributed by atoms with Crippen LogP contribution in [0.4, 0.5) is 0 Å². The van der Waals surface area contributed by atoms with E-state index in [4.69, 9.17) is 5.84 Å². The van der Waals surface area contributed by atoms with E-state index in [-0.39, 0.29) is 5.56 Å². The molecule has 0 spiro atoms. The number of aromatic nitrogens is 3. The van der Waals surface area contributed by atoms with Crippen molar-refractivity contribution < 1.29 is 0 Å². The lowest BCUT2D eigenvalue weighted by molar-refractivity contribution is 0.704. The highest BCUT2D eigenvalue weighted by atomic mass is 32.1. The van der Waals surface area contributed by atoms with Crippen molar-refractivity contribution in [2.75, 3.05) is 5.84 Å². The molecule has 2 aromatic heterocycles. The van der Waals surface area contributed by atoms with Crippen LogP contribution < -0.4 is 11.4 Å². The molecular weight excluding hydrogens is 164 g/mol. The SMILES string of the molecule is Nn1nnc2ccsc2c1=O. The van der Waals surface area contributed by atoms with Crippen molar-refractivity contribution in [3.8, 4) is 0 Å². The zero-order valence-corrected chi connectivity index (χ0v) is 6.21. The second-order valence-corrected chi connectivity index (χ2v) is 2.89. The Balaban J connectivity index is 3.05. The fraction of sp³-hybridized carbons (Fsp3) is 0. The summed E-state index contributed by atoms with van der Waals surface area (Å²) in [5, 5.41) is 8.90. The van der Waals surface area contributed by atoms with E-state index in [1.54, 1.807) is 11.4 Å². The van der Waals surface area contributed by atoms with Gasteiger partial charge >= 0.3 is 5.56 Å². The van der Waals surface area contributed by atoms with Crippen LogP contribution in [0.25, 0.3) is 10.2 Å². The predicted octanol–water partition coefficient (Wildman–Crippen LogP) is -0.433. The number of thiophene rings is 1. The average molecular weight is 168 g/mol. The molecule has 0 unspecified atom stereocenters. The predicted molar refractivity (Wildman–Crippen MR) is 41.8 cm³/mol. The van der Waals surface area contributed by atoms with Gasteiger partial charge in [-0.1, -0.05) is 0 Å². The van der Waals surface area contributed by atoms with Gasteiger partial charge in [-0.15, -0.1) is 21.2 Å². The second-order valence-electron chi connectivity index (χ2n) is 1.97. The Hall–Kier alpha value is -1.43. The van der Waals surface area contributed by atoms with E-state index in [1.165, 1.54) is 11.3 Å². The van der Waals surface area contributed by atoms with Crippen molar-refractivity contribution in [3.05, 3.63) is 21.8 Å². The molecule has 0 saturated heterocycles. The molecule has 5 nitrogen and oxygen atoms in total. The normalized spacial score (nSPS) is 10.5. The summed E-state index contributed by atoms with van der Waals surface area (Å²) in [5.74, 6) is 5.18. The van der Waals surface area contributed by atoms with Crippen molar-refractivity contribution in [1.29, 1.82) is 0 Å². The van der Waals surface area contributed by atoms with Crippen molar-refractivity contribution in [1.82, 2.24) is 15.1 Å². The molecule has 0 bridgehead atoms. The molecule has 56 valence electrons. The molecule has 0 aromatic carbocycles. The van der Waals surface area contributed by atoms with Crippen LogP contribution in [0.15, 0.2) is 16.2 Å². The van der Waals surface area contributed by atoms with Gasteiger partial charge in [0.15, 0.2) is 0 Å². The molecule has 0 aliphatic heterocycles. The van der Waals surface area contributed by atoms with Gasteiger partial charge in [-0.05, 0) is 16.7 Å². The number of hydrogen-bond acceptors (Lipinski definition) is 5. The first kappa shape index (κ1) is 6.29. The Morgan fingerprint density at radius 1 is 1.64 bits per heavy atom. The molecule has 2 aromatic rings. The number of rotatable bonds is 0. The van der Waals surface area contributed by atoms with Crippen molar-refractivity contribution in [3.63, 3.8) is 0 Å². The first-order chi connectivity index (χ1) is 5.29. The number of hydrogen-bond donors (Lipinski definition) is 1. The minimum Gasteiger partial charge on any atom is -0.318 e. The van der Waals surface area contributed by atoms with Crippen LogP contribution in [0.3, 0.4) is 0 Å². The topological polar surface area (TPSA) is 73.8 Å². The largest absolute Gasteiger partial charge is 0.318 e. The lowest BCUT2D eigenvalue weighted by Crippen LogP contribution is -2.29. The fourth-order valence-electron chi connectivity index (χ4n) is 0.782. The molecule has 2 heterocycles. The minimum atomic E-state index is -0.301. The number of fused-ring (bicyclic) bond motifs is 1. The molecule has 11 heavy (non-hydrogen) atoms. The van der Waals surface area contributed by atoms with Gasteiger partial charge in [0.2, 0.25) is 0 Å². The highest BCUT2D eigenvalue weighted by Gasteiger charge is 2.02. The Bertz CT molecular complexity index is 445. The van der Waals surface area contributed by atoms with E-state index in [9.17, 15) is 4.79 Å². The van der Waals surface area contributed by atoms with Gasteiger partial charge in [-0.3, -0.25) is 4.79 Å². The summed E-state index contributed by atoms with van der Waals surface area (Å²) in [4.78, 5) is 11.9. The first-order valence-electron chi connectivity index (χ1n) is 2.87. The van der Waals surface area contributed by atoms with Gasteiger partial charge in [0.25, 0.3) is 0 Å². The van der Waals surface area contributed by atoms with E-state index in [0.29, 0.717) is 10.2 Å².